The van der Waals surface area contributed by atoms with E-state index in [1.54, 1.807) is 5.57 Å². The Bertz CT molecular complexity index is 366. The molecule has 2 rings (SSSR count). The van der Waals surface area contributed by atoms with Crippen LogP contribution in [0.1, 0.15) is 52.9 Å². The first-order valence-corrected chi connectivity index (χ1v) is 7.25. The lowest BCUT2D eigenvalue weighted by atomic mass is 9.64. The maximum Gasteiger partial charge on any atom is 0.0663 e. The van der Waals surface area contributed by atoms with Crippen LogP contribution in [-0.2, 0) is 4.74 Å². The topological polar surface area (TPSA) is 33.0 Å². The molecule has 3 atom stereocenters. The molecule has 1 saturated carbocycles. The van der Waals surface area contributed by atoms with Crippen molar-refractivity contribution >= 4 is 0 Å². The summed E-state index contributed by atoms with van der Waals surface area (Å²) >= 11 is 0. The Morgan fingerprint density at radius 2 is 2.28 bits per heavy atom. The van der Waals surface area contributed by atoms with Gasteiger partial charge in [-0.05, 0) is 50.4 Å². The molecule has 0 aromatic heterocycles. The molecule has 0 N–H and O–H groups in total. The van der Waals surface area contributed by atoms with E-state index in [9.17, 15) is 0 Å². The highest BCUT2D eigenvalue weighted by Crippen LogP contribution is 2.47. The second kappa shape index (κ2) is 5.45. The van der Waals surface area contributed by atoms with E-state index >= 15 is 0 Å². The molecule has 2 aliphatic carbocycles. The minimum atomic E-state index is -0.00116. The van der Waals surface area contributed by atoms with Crippen molar-refractivity contribution < 1.29 is 4.74 Å². The van der Waals surface area contributed by atoms with Crippen LogP contribution in [0.15, 0.2) is 11.6 Å². The first kappa shape index (κ1) is 13.6. The van der Waals surface area contributed by atoms with Crippen LogP contribution in [0.3, 0.4) is 0 Å². The normalized spacial score (nSPS) is 35.2. The molecule has 2 heteroatoms. The summed E-state index contributed by atoms with van der Waals surface area (Å²) in [6, 6.07) is 2.17. The van der Waals surface area contributed by atoms with Gasteiger partial charge >= 0.3 is 0 Å². The zero-order valence-electron chi connectivity index (χ0n) is 11.9. The number of nitriles is 1. The molecule has 0 aliphatic heterocycles. The fourth-order valence-corrected chi connectivity index (χ4v) is 3.86. The summed E-state index contributed by atoms with van der Waals surface area (Å²) in [6.45, 7) is 7.43. The van der Waals surface area contributed by atoms with E-state index in [2.05, 4.69) is 32.9 Å². The predicted octanol–water partition coefficient (Wildman–Crippen LogP) is 4.08. The maximum atomic E-state index is 8.62. The van der Waals surface area contributed by atoms with Crippen LogP contribution in [-0.4, -0.2) is 12.2 Å². The maximum absolute atomic E-state index is 8.62. The van der Waals surface area contributed by atoms with Crippen molar-refractivity contribution in [2.45, 2.75) is 58.5 Å². The lowest BCUT2D eigenvalue weighted by Crippen LogP contribution is -2.41. The predicted molar refractivity (Wildman–Crippen MR) is 73.0 cm³/mol. The highest BCUT2D eigenvalue weighted by Gasteiger charge is 2.41. The minimum Gasteiger partial charge on any atom is -0.374 e. The summed E-state index contributed by atoms with van der Waals surface area (Å²) in [4.78, 5) is 0. The van der Waals surface area contributed by atoms with Crippen molar-refractivity contribution in [3.63, 3.8) is 0 Å². The number of nitrogens with zero attached hydrogens (tertiary/aromatic N) is 1. The quantitative estimate of drug-likeness (QED) is 0.554. The summed E-state index contributed by atoms with van der Waals surface area (Å²) in [5, 5.41) is 8.62. The highest BCUT2D eigenvalue weighted by atomic mass is 16.5. The van der Waals surface area contributed by atoms with Gasteiger partial charge in [0.2, 0.25) is 0 Å². The number of fused-ring (bicyclic) bond motifs is 2. The first-order valence-electron chi connectivity index (χ1n) is 7.25. The van der Waals surface area contributed by atoms with E-state index < -0.39 is 0 Å². The second-order valence-electron chi connectivity index (χ2n) is 6.51. The molecule has 0 heterocycles. The molecule has 0 radical (unpaired) electrons. The Hall–Kier alpha value is -0.810. The first-order chi connectivity index (χ1) is 8.54. The van der Waals surface area contributed by atoms with E-state index in [0.29, 0.717) is 24.9 Å². The lowest BCUT2D eigenvalue weighted by molar-refractivity contribution is -0.0807. The zero-order chi connectivity index (χ0) is 13.2. The third-order valence-electron chi connectivity index (χ3n) is 4.51. The number of hydrogen-bond acceptors (Lipinski definition) is 2. The highest BCUT2D eigenvalue weighted by molar-refractivity contribution is 5.17. The van der Waals surface area contributed by atoms with Gasteiger partial charge in [0, 0.05) is 0 Å². The molecule has 0 aromatic carbocycles. The van der Waals surface area contributed by atoms with Crippen molar-refractivity contribution in [2.24, 2.45) is 17.8 Å². The van der Waals surface area contributed by atoms with Gasteiger partial charge in [0.05, 0.1) is 24.7 Å². The van der Waals surface area contributed by atoms with Crippen molar-refractivity contribution in [1.82, 2.24) is 0 Å². The van der Waals surface area contributed by atoms with Gasteiger partial charge in [-0.2, -0.15) is 5.26 Å². The van der Waals surface area contributed by atoms with Crippen LogP contribution in [0.5, 0.6) is 0 Å². The third kappa shape index (κ3) is 2.95. The van der Waals surface area contributed by atoms with Crippen molar-refractivity contribution in [1.29, 1.82) is 5.26 Å². The summed E-state index contributed by atoms with van der Waals surface area (Å²) in [7, 11) is 0. The van der Waals surface area contributed by atoms with E-state index in [-0.39, 0.29) is 5.60 Å². The largest absolute Gasteiger partial charge is 0.374 e. The summed E-state index contributed by atoms with van der Waals surface area (Å²) in [5.41, 5.74) is 1.64. The van der Waals surface area contributed by atoms with E-state index in [1.165, 1.54) is 12.8 Å². The van der Waals surface area contributed by atoms with Crippen molar-refractivity contribution in [2.75, 3.05) is 6.61 Å². The Labute approximate surface area is 111 Å². The second-order valence-corrected chi connectivity index (χ2v) is 6.51. The summed E-state index contributed by atoms with van der Waals surface area (Å²) < 4.78 is 6.03. The standard InChI is InChI=1S/C16H25NO/c1-12(2)15-6-5-13-9-14(15)11-16(3,10-13)18-8-4-7-17/h6,12-14H,4-5,8-11H2,1-3H3. The minimum absolute atomic E-state index is 0.00116. The molecule has 2 nitrogen and oxygen atoms in total. The number of allylic oxidation sites excluding steroid dienone is 2. The van der Waals surface area contributed by atoms with Gasteiger partial charge in [-0.25, -0.2) is 0 Å². The van der Waals surface area contributed by atoms with Gasteiger partial charge < -0.3 is 4.74 Å². The Morgan fingerprint density at radius 3 is 2.94 bits per heavy atom. The molecule has 2 bridgehead atoms. The van der Waals surface area contributed by atoms with Crippen LogP contribution in [0.4, 0.5) is 0 Å². The summed E-state index contributed by atoms with van der Waals surface area (Å²) in [6.07, 6.45) is 7.87. The average molecular weight is 247 g/mol. The SMILES string of the molecule is CC(C)C1=CCC2CC1CC(C)(OCCC#N)C2. The Kier molecular flexibility index (Phi) is 4.12. The molecule has 0 spiro atoms. The van der Waals surface area contributed by atoms with Crippen molar-refractivity contribution in [3.05, 3.63) is 11.6 Å². The molecule has 1 fully saturated rings. The average Bonchev–Trinajstić information content (AvgIpc) is 2.28. The molecule has 18 heavy (non-hydrogen) atoms. The van der Waals surface area contributed by atoms with Crippen LogP contribution in [0.25, 0.3) is 0 Å². The molecular weight excluding hydrogens is 222 g/mol. The molecule has 3 unspecified atom stereocenters. The van der Waals surface area contributed by atoms with Gasteiger partial charge in [-0.1, -0.05) is 25.5 Å². The van der Waals surface area contributed by atoms with Gasteiger partial charge in [-0.3, -0.25) is 0 Å². The Morgan fingerprint density at radius 1 is 1.50 bits per heavy atom. The van der Waals surface area contributed by atoms with E-state index in [4.69, 9.17) is 10.00 Å². The van der Waals surface area contributed by atoms with Crippen LogP contribution < -0.4 is 0 Å². The third-order valence-corrected chi connectivity index (χ3v) is 4.51. The van der Waals surface area contributed by atoms with E-state index in [1.807, 2.05) is 0 Å². The summed E-state index contributed by atoms with van der Waals surface area (Å²) in [5.74, 6) is 2.17. The van der Waals surface area contributed by atoms with Gasteiger partial charge in [0.25, 0.3) is 0 Å². The lowest BCUT2D eigenvalue weighted by Gasteiger charge is -2.46. The van der Waals surface area contributed by atoms with Crippen molar-refractivity contribution in [3.8, 4) is 6.07 Å². The molecular formula is C16H25NO. The fraction of sp³-hybridized carbons (Fsp3) is 0.812. The van der Waals surface area contributed by atoms with Gasteiger partial charge in [0.15, 0.2) is 0 Å². The smallest absolute Gasteiger partial charge is 0.0663 e. The van der Waals surface area contributed by atoms with Gasteiger partial charge in [0.1, 0.15) is 0 Å². The Balaban J connectivity index is 2.03. The molecule has 100 valence electrons. The van der Waals surface area contributed by atoms with Crippen LogP contribution >= 0.6 is 0 Å². The number of ether oxygens (including phenoxy) is 1. The molecule has 0 aromatic rings. The number of rotatable bonds is 4. The van der Waals surface area contributed by atoms with Crippen LogP contribution in [0.2, 0.25) is 0 Å². The fourth-order valence-electron chi connectivity index (χ4n) is 3.86. The van der Waals surface area contributed by atoms with E-state index in [0.717, 1.165) is 18.8 Å². The monoisotopic (exact) mass is 247 g/mol. The zero-order valence-corrected chi connectivity index (χ0v) is 11.9. The van der Waals surface area contributed by atoms with Crippen LogP contribution in [0, 0.1) is 29.1 Å². The molecule has 2 aliphatic rings. The molecule has 0 saturated heterocycles. The molecule has 0 amide bonds. The van der Waals surface area contributed by atoms with Gasteiger partial charge in [-0.15, -0.1) is 0 Å². The number of hydrogen-bond donors (Lipinski definition) is 0.